The van der Waals surface area contributed by atoms with Gasteiger partial charge in [0.1, 0.15) is 0 Å². The summed E-state index contributed by atoms with van der Waals surface area (Å²) in [6, 6.07) is 6.04. The Morgan fingerprint density at radius 2 is 2.20 bits per heavy atom. The zero-order chi connectivity index (χ0) is 7.56. The Morgan fingerprint density at radius 1 is 1.50 bits per heavy atom. The van der Waals surface area contributed by atoms with Gasteiger partial charge in [0.15, 0.2) is 0 Å². The Kier molecular flexibility index (Phi) is 2.75. The molecule has 0 aliphatic carbocycles. The maximum absolute atomic E-state index is 5.96. The minimum Gasteiger partial charge on any atom is -0.0876 e. The third-order valence-corrected chi connectivity index (χ3v) is 2.56. The summed E-state index contributed by atoms with van der Waals surface area (Å²) < 4.78 is 0. The van der Waals surface area contributed by atoms with E-state index in [2.05, 4.69) is 15.9 Å². The lowest BCUT2D eigenvalue weighted by molar-refractivity contribution is 1.37. The number of alkyl halides is 1. The van der Waals surface area contributed by atoms with E-state index in [1.807, 2.05) is 25.1 Å². The van der Waals surface area contributed by atoms with Crippen LogP contribution in [0.15, 0.2) is 18.2 Å². The van der Waals surface area contributed by atoms with Crippen molar-refractivity contribution < 1.29 is 0 Å². The maximum atomic E-state index is 5.96. The molecule has 0 bridgehead atoms. The number of hydrogen-bond acceptors (Lipinski definition) is 0. The van der Waals surface area contributed by atoms with Gasteiger partial charge in [0, 0.05) is 10.4 Å². The summed E-state index contributed by atoms with van der Waals surface area (Å²) in [7, 11) is 0. The topological polar surface area (TPSA) is 0 Å². The first-order chi connectivity index (χ1) is 4.75. The lowest BCUT2D eigenvalue weighted by atomic mass is 10.2. The number of benzene rings is 1. The summed E-state index contributed by atoms with van der Waals surface area (Å²) in [4.78, 5) is 0. The van der Waals surface area contributed by atoms with Gasteiger partial charge in [0.25, 0.3) is 0 Å². The molecule has 0 amide bonds. The van der Waals surface area contributed by atoms with Crippen molar-refractivity contribution in [1.82, 2.24) is 0 Å². The number of aryl methyl sites for hydroxylation is 1. The molecule has 1 rings (SSSR count). The van der Waals surface area contributed by atoms with Crippen LogP contribution < -0.4 is 0 Å². The Labute approximate surface area is 74.3 Å². The predicted octanol–water partition coefficient (Wildman–Crippen LogP) is 3.54. The molecule has 1 aromatic carbocycles. The van der Waals surface area contributed by atoms with Crippen LogP contribution in [0.4, 0.5) is 0 Å². The maximum Gasteiger partial charge on any atom is 0.0475 e. The number of hydrogen-bond donors (Lipinski definition) is 0. The molecule has 0 atom stereocenters. The zero-order valence-corrected chi connectivity index (χ0v) is 8.04. The molecule has 2 heteroatoms. The van der Waals surface area contributed by atoms with Crippen LogP contribution in [0.3, 0.4) is 0 Å². The van der Waals surface area contributed by atoms with Gasteiger partial charge >= 0.3 is 0 Å². The average molecular weight is 220 g/mol. The van der Waals surface area contributed by atoms with Gasteiger partial charge in [-0.1, -0.05) is 45.7 Å². The fraction of sp³-hybridized carbons (Fsp3) is 0.250. The monoisotopic (exact) mass is 218 g/mol. The third kappa shape index (κ3) is 1.53. The predicted molar refractivity (Wildman–Crippen MR) is 48.8 cm³/mol. The molecule has 0 heterocycles. The van der Waals surface area contributed by atoms with Gasteiger partial charge in [0.05, 0.1) is 0 Å². The highest BCUT2D eigenvalue weighted by atomic mass is 79.9. The van der Waals surface area contributed by atoms with E-state index < -0.39 is 0 Å². The SMILES string of the molecule is Cc1cccc(CBr)c1Cl. The molecule has 0 radical (unpaired) electrons. The first-order valence-corrected chi connectivity index (χ1v) is 4.55. The van der Waals surface area contributed by atoms with E-state index >= 15 is 0 Å². The number of halogens is 2. The fourth-order valence-electron chi connectivity index (χ4n) is 0.811. The van der Waals surface area contributed by atoms with Crippen molar-refractivity contribution in [2.45, 2.75) is 12.3 Å². The molecule has 0 nitrogen and oxygen atoms in total. The summed E-state index contributed by atoms with van der Waals surface area (Å²) in [6.07, 6.45) is 0. The summed E-state index contributed by atoms with van der Waals surface area (Å²) >= 11 is 9.32. The second kappa shape index (κ2) is 3.40. The molecule has 1 aromatic rings. The van der Waals surface area contributed by atoms with Crippen molar-refractivity contribution in [2.24, 2.45) is 0 Å². The normalized spacial score (nSPS) is 9.90. The van der Waals surface area contributed by atoms with Gasteiger partial charge in [-0.25, -0.2) is 0 Å². The van der Waals surface area contributed by atoms with E-state index in [4.69, 9.17) is 11.6 Å². The van der Waals surface area contributed by atoms with Gasteiger partial charge in [-0.05, 0) is 18.1 Å². The van der Waals surface area contributed by atoms with Crippen molar-refractivity contribution in [2.75, 3.05) is 0 Å². The number of rotatable bonds is 1. The lowest BCUT2D eigenvalue weighted by Gasteiger charge is -2.01. The molecule has 0 aliphatic rings. The second-order valence-corrected chi connectivity index (χ2v) is 3.12. The van der Waals surface area contributed by atoms with Crippen molar-refractivity contribution >= 4 is 27.5 Å². The van der Waals surface area contributed by atoms with Crippen LogP contribution in [-0.4, -0.2) is 0 Å². The molecule has 0 unspecified atom stereocenters. The molecular formula is C8H8BrCl. The Bertz CT molecular complexity index is 233. The highest BCUT2D eigenvalue weighted by Crippen LogP contribution is 2.21. The summed E-state index contributed by atoms with van der Waals surface area (Å²) in [5.41, 5.74) is 2.29. The molecule has 54 valence electrons. The van der Waals surface area contributed by atoms with Crippen LogP contribution in [0, 0.1) is 6.92 Å². The highest BCUT2D eigenvalue weighted by Gasteiger charge is 1.98. The molecule has 0 N–H and O–H groups in total. The molecule has 0 aliphatic heterocycles. The van der Waals surface area contributed by atoms with Crippen molar-refractivity contribution in [3.63, 3.8) is 0 Å². The lowest BCUT2D eigenvalue weighted by Crippen LogP contribution is -1.81. The summed E-state index contributed by atoms with van der Waals surface area (Å²) in [5, 5.41) is 1.70. The van der Waals surface area contributed by atoms with E-state index in [1.165, 1.54) is 0 Å². The van der Waals surface area contributed by atoms with Crippen LogP contribution in [-0.2, 0) is 5.33 Å². The molecular weight excluding hydrogens is 211 g/mol. The van der Waals surface area contributed by atoms with Gasteiger partial charge in [-0.3, -0.25) is 0 Å². The molecule has 0 saturated carbocycles. The third-order valence-electron chi connectivity index (χ3n) is 1.42. The summed E-state index contributed by atoms with van der Waals surface area (Å²) in [5.74, 6) is 0. The van der Waals surface area contributed by atoms with Crippen LogP contribution in [0.2, 0.25) is 5.02 Å². The van der Waals surface area contributed by atoms with Gasteiger partial charge in [-0.2, -0.15) is 0 Å². The van der Waals surface area contributed by atoms with Crippen LogP contribution in [0.5, 0.6) is 0 Å². The first-order valence-electron chi connectivity index (χ1n) is 3.05. The van der Waals surface area contributed by atoms with E-state index in [0.29, 0.717) is 0 Å². The smallest absolute Gasteiger partial charge is 0.0475 e. The zero-order valence-electron chi connectivity index (χ0n) is 5.70. The van der Waals surface area contributed by atoms with E-state index in [9.17, 15) is 0 Å². The Balaban J connectivity index is 3.14. The van der Waals surface area contributed by atoms with E-state index in [0.717, 1.165) is 21.5 Å². The fourth-order valence-corrected chi connectivity index (χ4v) is 1.63. The molecule has 0 spiro atoms. The standard InChI is InChI=1S/C8H8BrCl/c1-6-3-2-4-7(5-9)8(6)10/h2-4H,5H2,1H3. The quantitative estimate of drug-likeness (QED) is 0.634. The van der Waals surface area contributed by atoms with Crippen molar-refractivity contribution in [1.29, 1.82) is 0 Å². The summed E-state index contributed by atoms with van der Waals surface area (Å²) in [6.45, 7) is 2.01. The minimum absolute atomic E-state index is 0.827. The second-order valence-electron chi connectivity index (χ2n) is 2.18. The van der Waals surface area contributed by atoms with E-state index in [-0.39, 0.29) is 0 Å². The molecule has 0 saturated heterocycles. The average Bonchev–Trinajstić information content (AvgIpc) is 1.95. The first kappa shape index (κ1) is 8.09. The van der Waals surface area contributed by atoms with Crippen LogP contribution in [0.25, 0.3) is 0 Å². The van der Waals surface area contributed by atoms with Crippen molar-refractivity contribution in [3.05, 3.63) is 34.3 Å². The van der Waals surface area contributed by atoms with Crippen LogP contribution in [0.1, 0.15) is 11.1 Å². The highest BCUT2D eigenvalue weighted by molar-refractivity contribution is 9.08. The largest absolute Gasteiger partial charge is 0.0876 e. The molecule has 10 heavy (non-hydrogen) atoms. The van der Waals surface area contributed by atoms with Gasteiger partial charge in [0.2, 0.25) is 0 Å². The van der Waals surface area contributed by atoms with Gasteiger partial charge < -0.3 is 0 Å². The van der Waals surface area contributed by atoms with Crippen LogP contribution >= 0.6 is 27.5 Å². The Hall–Kier alpha value is -0.0100. The van der Waals surface area contributed by atoms with E-state index in [1.54, 1.807) is 0 Å². The van der Waals surface area contributed by atoms with Crippen molar-refractivity contribution in [3.8, 4) is 0 Å². The van der Waals surface area contributed by atoms with Gasteiger partial charge in [-0.15, -0.1) is 0 Å². The molecule has 0 aromatic heterocycles. The Morgan fingerprint density at radius 3 is 2.70 bits per heavy atom. The molecule has 0 fully saturated rings. The minimum atomic E-state index is 0.827.